The van der Waals surface area contributed by atoms with Gasteiger partial charge in [-0.15, -0.1) is 0 Å². The number of nitrogens with two attached hydrogens (primary N) is 2. The monoisotopic (exact) mass is 271 g/mol. The summed E-state index contributed by atoms with van der Waals surface area (Å²) in [6.45, 7) is 0. The van der Waals surface area contributed by atoms with Crippen LogP contribution < -0.4 is 22.3 Å². The van der Waals surface area contributed by atoms with Gasteiger partial charge in [0.05, 0.1) is 16.4 Å². The summed E-state index contributed by atoms with van der Waals surface area (Å²) in [7, 11) is 0. The van der Waals surface area contributed by atoms with Gasteiger partial charge >= 0.3 is 0 Å². The van der Waals surface area contributed by atoms with E-state index in [2.05, 4.69) is 4.98 Å². The minimum atomic E-state index is -0.855. The van der Waals surface area contributed by atoms with E-state index in [1.807, 2.05) is 0 Å². The van der Waals surface area contributed by atoms with Gasteiger partial charge in [-0.2, -0.15) is 0 Å². The Morgan fingerprint density at radius 1 is 1.20 bits per heavy atom. The average molecular weight is 271 g/mol. The molecule has 1 aliphatic carbocycles. The Labute approximate surface area is 110 Å². The van der Waals surface area contributed by atoms with E-state index in [4.69, 9.17) is 15.9 Å². The molecule has 2 aliphatic rings. The van der Waals surface area contributed by atoms with Gasteiger partial charge in [0.25, 0.3) is 11.3 Å². The molecule has 20 heavy (non-hydrogen) atoms. The smallest absolute Gasteiger partial charge is 0.270 e. The number of carbonyl (C=O) groups is 1. The number of amides is 1. The molecule has 1 aromatic rings. The number of hydrogen-bond acceptors (Lipinski definition) is 5. The Bertz CT molecular complexity index is 1030. The number of fused-ring (bicyclic) bond motifs is 1. The first-order valence-corrected chi connectivity index (χ1v) is 5.66. The number of carbonyl (C=O) groups excluding carboxylic acids is 1. The molecule has 0 unspecified atom stereocenters. The first-order valence-electron chi connectivity index (χ1n) is 5.66. The van der Waals surface area contributed by atoms with E-state index in [-0.39, 0.29) is 16.3 Å². The molecule has 1 heterocycles. The van der Waals surface area contributed by atoms with Crippen LogP contribution in [0, 0.1) is 10.8 Å². The Morgan fingerprint density at radius 3 is 2.65 bits per heavy atom. The number of aromatic amines is 1. The number of primary amides is 1. The van der Waals surface area contributed by atoms with E-state index in [1.54, 1.807) is 12.1 Å². The molecular formula is C13H9N3O4. The molecule has 7 nitrogen and oxygen atoms in total. The number of hydrogen-bond donors (Lipinski definition) is 3. The van der Waals surface area contributed by atoms with Crippen molar-refractivity contribution in [2.45, 2.75) is 0 Å². The van der Waals surface area contributed by atoms with Crippen LogP contribution in [0.3, 0.4) is 0 Å². The predicted molar refractivity (Wildman–Crippen MR) is 71.3 cm³/mol. The molecule has 5 N–H and O–H groups in total. The highest BCUT2D eigenvalue weighted by molar-refractivity contribution is 5.93. The summed E-state index contributed by atoms with van der Waals surface area (Å²) in [5, 5.41) is 0.0966. The van der Waals surface area contributed by atoms with Crippen LogP contribution in [-0.2, 0) is 0 Å². The van der Waals surface area contributed by atoms with Crippen molar-refractivity contribution in [1.82, 2.24) is 4.98 Å². The largest absolute Gasteiger partial charge is 0.449 e. The Morgan fingerprint density at radius 2 is 1.95 bits per heavy atom. The molecule has 0 bridgehead atoms. The topological polar surface area (TPSA) is 132 Å². The Balaban J connectivity index is 2.67. The van der Waals surface area contributed by atoms with Crippen LogP contribution >= 0.6 is 0 Å². The second kappa shape index (κ2) is 3.95. The molecule has 1 aromatic carbocycles. The van der Waals surface area contributed by atoms with Crippen LogP contribution in [0.5, 0.6) is 0 Å². The van der Waals surface area contributed by atoms with Crippen LogP contribution in [0.1, 0.15) is 10.4 Å². The van der Waals surface area contributed by atoms with E-state index < -0.39 is 16.8 Å². The van der Waals surface area contributed by atoms with Crippen molar-refractivity contribution in [3.05, 3.63) is 61.0 Å². The van der Waals surface area contributed by atoms with Gasteiger partial charge in [-0.1, -0.05) is 0 Å². The minimum absolute atomic E-state index is 0.0907. The first-order chi connectivity index (χ1) is 9.47. The SMILES string of the molecule is NC(=O)c1cc(=O)c(=O)c2oc3cc(N)ccc3[nH]c1=2. The highest BCUT2D eigenvalue weighted by atomic mass is 16.3. The number of rotatable bonds is 1. The van der Waals surface area contributed by atoms with Gasteiger partial charge in [-0.25, -0.2) is 0 Å². The first kappa shape index (κ1) is 12.0. The van der Waals surface area contributed by atoms with E-state index in [0.717, 1.165) is 6.07 Å². The number of nitrogen functional groups attached to an aromatic ring is 1. The lowest BCUT2D eigenvalue weighted by atomic mass is 10.2. The zero-order chi connectivity index (χ0) is 14.4. The van der Waals surface area contributed by atoms with Gasteiger partial charge in [-0.3, -0.25) is 14.4 Å². The normalized spacial score (nSPS) is 11.0. The molecule has 7 heteroatoms. The van der Waals surface area contributed by atoms with Gasteiger partial charge in [0.1, 0.15) is 0 Å². The van der Waals surface area contributed by atoms with Crippen LogP contribution in [0.2, 0.25) is 0 Å². The number of nitrogens with one attached hydrogen (secondary N) is 1. The maximum absolute atomic E-state index is 11.8. The van der Waals surface area contributed by atoms with Crippen molar-refractivity contribution in [3.63, 3.8) is 0 Å². The van der Waals surface area contributed by atoms with Crippen molar-refractivity contribution < 1.29 is 9.21 Å². The zero-order valence-corrected chi connectivity index (χ0v) is 10.1. The fourth-order valence-corrected chi connectivity index (χ4v) is 2.00. The highest BCUT2D eigenvalue weighted by Gasteiger charge is 2.13. The molecule has 0 aromatic heterocycles. The summed E-state index contributed by atoms with van der Waals surface area (Å²) < 4.78 is 5.40. The van der Waals surface area contributed by atoms with Crippen LogP contribution in [-0.4, -0.2) is 10.9 Å². The maximum atomic E-state index is 11.8. The predicted octanol–water partition coefficient (Wildman–Crippen LogP) is -0.113. The quantitative estimate of drug-likeness (QED) is 0.419. The van der Waals surface area contributed by atoms with E-state index >= 15 is 0 Å². The number of H-pyrrole nitrogens is 1. The zero-order valence-electron chi connectivity index (χ0n) is 10.1. The average Bonchev–Trinajstić information content (AvgIpc) is 2.41. The molecule has 0 atom stereocenters. The summed E-state index contributed by atoms with van der Waals surface area (Å²) in [4.78, 5) is 37.6. The van der Waals surface area contributed by atoms with Crippen molar-refractivity contribution in [2.24, 2.45) is 5.73 Å². The van der Waals surface area contributed by atoms with Gasteiger partial charge in [0.15, 0.2) is 5.58 Å². The fraction of sp³-hybridized carbons (Fsp3) is 0. The van der Waals surface area contributed by atoms with Gasteiger partial charge < -0.3 is 20.9 Å². The maximum Gasteiger partial charge on any atom is 0.270 e. The lowest BCUT2D eigenvalue weighted by molar-refractivity contribution is 0.0999. The lowest BCUT2D eigenvalue weighted by Gasteiger charge is -2.03. The Kier molecular flexibility index (Phi) is 2.37. The minimum Gasteiger partial charge on any atom is -0.449 e. The van der Waals surface area contributed by atoms with Crippen molar-refractivity contribution >= 4 is 22.7 Å². The third-order valence-corrected chi connectivity index (χ3v) is 2.94. The standard InChI is InChI=1S/C13H9N3O4/c14-5-1-2-7-9(3-5)20-12-10(16-7)6(13(15)19)4-8(17)11(12)18/h1-4,16H,14H2,(H2,15,19). The second-order valence-corrected chi connectivity index (χ2v) is 4.30. The molecule has 0 radical (unpaired) electrons. The number of benzene rings is 1. The molecule has 0 fully saturated rings. The molecule has 1 aliphatic heterocycles. The van der Waals surface area contributed by atoms with Gasteiger partial charge in [0, 0.05) is 17.8 Å². The molecule has 100 valence electrons. The third-order valence-electron chi connectivity index (χ3n) is 2.94. The van der Waals surface area contributed by atoms with Crippen LogP contribution in [0.25, 0.3) is 11.1 Å². The van der Waals surface area contributed by atoms with E-state index in [0.29, 0.717) is 16.8 Å². The van der Waals surface area contributed by atoms with Gasteiger partial charge in [-0.05, 0) is 12.1 Å². The highest BCUT2D eigenvalue weighted by Crippen LogP contribution is 2.16. The van der Waals surface area contributed by atoms with Crippen LogP contribution in [0.4, 0.5) is 5.69 Å². The molecule has 3 rings (SSSR count). The number of anilines is 1. The fourth-order valence-electron chi connectivity index (χ4n) is 2.00. The van der Waals surface area contributed by atoms with Crippen LogP contribution in [0.15, 0.2) is 38.3 Å². The van der Waals surface area contributed by atoms with Crippen molar-refractivity contribution in [3.8, 4) is 0 Å². The summed E-state index contributed by atoms with van der Waals surface area (Å²) in [5.41, 5.74) is 10.1. The summed E-state index contributed by atoms with van der Waals surface area (Å²) >= 11 is 0. The molecule has 0 spiro atoms. The number of aromatic nitrogens is 1. The molecular weight excluding hydrogens is 262 g/mol. The second-order valence-electron chi connectivity index (χ2n) is 4.30. The van der Waals surface area contributed by atoms with E-state index in [1.165, 1.54) is 6.07 Å². The molecule has 0 saturated heterocycles. The summed E-state index contributed by atoms with van der Waals surface area (Å²) in [5.74, 6) is -0.826. The third kappa shape index (κ3) is 1.64. The molecule has 1 amide bonds. The lowest BCUT2D eigenvalue weighted by Crippen LogP contribution is -2.28. The summed E-state index contributed by atoms with van der Waals surface area (Å²) in [6.07, 6.45) is 0. The van der Waals surface area contributed by atoms with Crippen molar-refractivity contribution in [2.75, 3.05) is 5.73 Å². The van der Waals surface area contributed by atoms with E-state index in [9.17, 15) is 14.4 Å². The van der Waals surface area contributed by atoms with Gasteiger partial charge in [0.2, 0.25) is 10.8 Å². The Hall–Kier alpha value is -3.09. The van der Waals surface area contributed by atoms with Crippen molar-refractivity contribution in [1.29, 1.82) is 0 Å². The summed E-state index contributed by atoms with van der Waals surface area (Å²) in [6, 6.07) is 5.67. The molecule has 0 saturated carbocycles.